The minimum Gasteiger partial charge on any atom is -0.462 e. The summed E-state index contributed by atoms with van der Waals surface area (Å²) in [5.74, 6) is -0.977. The molecule has 0 rings (SSSR count). The van der Waals surface area contributed by atoms with Gasteiger partial charge in [0.25, 0.3) is 0 Å². The molecule has 0 aliphatic carbocycles. The molecule has 220 valence electrons. The number of ether oxygens (including phenoxy) is 2. The summed E-state index contributed by atoms with van der Waals surface area (Å²) < 4.78 is 25.4. The van der Waals surface area contributed by atoms with Crippen molar-refractivity contribution in [2.45, 2.75) is 155 Å². The lowest BCUT2D eigenvalue weighted by atomic mass is 10.0. The van der Waals surface area contributed by atoms with Gasteiger partial charge in [0.15, 0.2) is 6.10 Å². The van der Waals surface area contributed by atoms with Crippen LogP contribution in [0.15, 0.2) is 0 Å². The van der Waals surface area contributed by atoms with Crippen molar-refractivity contribution in [2.24, 2.45) is 0 Å². The van der Waals surface area contributed by atoms with E-state index >= 15 is 0 Å². The lowest BCUT2D eigenvalue weighted by Gasteiger charge is -2.18. The van der Waals surface area contributed by atoms with Crippen molar-refractivity contribution < 1.29 is 37.9 Å². The summed E-state index contributed by atoms with van der Waals surface area (Å²) >= 11 is 0. The average molecular weight is 551 g/mol. The third-order valence-electron chi connectivity index (χ3n) is 6.43. The van der Waals surface area contributed by atoms with E-state index in [4.69, 9.17) is 19.3 Å². The van der Waals surface area contributed by atoms with Crippen LogP contribution < -0.4 is 0 Å². The van der Waals surface area contributed by atoms with Gasteiger partial charge in [-0.2, -0.15) is 0 Å². The van der Waals surface area contributed by atoms with Gasteiger partial charge in [0.2, 0.25) is 0 Å². The van der Waals surface area contributed by atoms with Gasteiger partial charge in [0.05, 0.1) is 6.61 Å². The minimum absolute atomic E-state index is 0.152. The van der Waals surface area contributed by atoms with Crippen LogP contribution in [0.25, 0.3) is 0 Å². The van der Waals surface area contributed by atoms with Crippen molar-refractivity contribution in [2.75, 3.05) is 13.2 Å². The predicted octanol–water partition coefficient (Wildman–Crippen LogP) is 7.78. The van der Waals surface area contributed by atoms with Crippen molar-refractivity contribution in [3.63, 3.8) is 0 Å². The van der Waals surface area contributed by atoms with E-state index in [1.54, 1.807) is 6.92 Å². The minimum atomic E-state index is -4.71. The van der Waals surface area contributed by atoms with Crippen LogP contribution >= 0.6 is 7.82 Å². The van der Waals surface area contributed by atoms with Gasteiger partial charge in [-0.05, 0) is 6.42 Å². The maximum atomic E-state index is 12.1. The highest BCUT2D eigenvalue weighted by Gasteiger charge is 2.22. The van der Waals surface area contributed by atoms with Crippen LogP contribution in [0, 0.1) is 0 Å². The number of esters is 2. The SMILES string of the molecule is CCCCCCCCCCCCCCCCCCCCCC(=O)OC(COC(=O)CC)COP(=O)(O)O. The van der Waals surface area contributed by atoms with Gasteiger partial charge in [-0.3, -0.25) is 14.1 Å². The smallest absolute Gasteiger partial charge is 0.462 e. The number of phosphoric acid groups is 1. The second kappa shape index (κ2) is 25.3. The lowest BCUT2D eigenvalue weighted by molar-refractivity contribution is -0.161. The summed E-state index contributed by atoms with van der Waals surface area (Å²) in [5.41, 5.74) is 0. The number of phosphoric ester groups is 1. The Morgan fingerprint density at radius 1 is 0.622 bits per heavy atom. The molecule has 0 saturated carbocycles. The molecule has 0 aliphatic heterocycles. The maximum Gasteiger partial charge on any atom is 0.469 e. The number of carbonyl (C=O) groups is 2. The van der Waals surface area contributed by atoms with Crippen molar-refractivity contribution in [3.05, 3.63) is 0 Å². The zero-order chi connectivity index (χ0) is 27.6. The van der Waals surface area contributed by atoms with Gasteiger partial charge in [0, 0.05) is 12.8 Å². The second-order valence-corrected chi connectivity index (χ2v) is 11.3. The second-order valence-electron chi connectivity index (χ2n) is 10.0. The van der Waals surface area contributed by atoms with E-state index in [0.717, 1.165) is 12.8 Å². The molecule has 37 heavy (non-hydrogen) atoms. The summed E-state index contributed by atoms with van der Waals surface area (Å²) in [5, 5.41) is 0. The van der Waals surface area contributed by atoms with E-state index in [1.165, 1.54) is 103 Å². The first-order valence-electron chi connectivity index (χ1n) is 14.8. The predicted molar refractivity (Wildman–Crippen MR) is 147 cm³/mol. The molecular formula is C28H55O8P. The van der Waals surface area contributed by atoms with Crippen LogP contribution in [-0.2, 0) is 28.2 Å². The van der Waals surface area contributed by atoms with Crippen LogP contribution in [-0.4, -0.2) is 41.0 Å². The summed E-state index contributed by atoms with van der Waals surface area (Å²) in [4.78, 5) is 41.1. The fourth-order valence-electron chi connectivity index (χ4n) is 4.18. The molecule has 9 heteroatoms. The number of rotatable bonds is 27. The van der Waals surface area contributed by atoms with Gasteiger partial charge in [-0.25, -0.2) is 4.57 Å². The van der Waals surface area contributed by atoms with E-state index < -0.39 is 32.5 Å². The highest BCUT2D eigenvalue weighted by atomic mass is 31.2. The Balaban J connectivity index is 3.60. The Bertz CT molecular complexity index is 593. The Labute approximate surface area is 225 Å². The third-order valence-corrected chi connectivity index (χ3v) is 6.92. The normalized spacial score (nSPS) is 12.4. The zero-order valence-electron chi connectivity index (χ0n) is 23.6. The van der Waals surface area contributed by atoms with E-state index in [0.29, 0.717) is 6.42 Å². The quantitative estimate of drug-likeness (QED) is 0.0604. The molecule has 0 amide bonds. The first-order chi connectivity index (χ1) is 17.8. The van der Waals surface area contributed by atoms with Crippen molar-refractivity contribution in [3.8, 4) is 0 Å². The van der Waals surface area contributed by atoms with Crippen LogP contribution in [0.4, 0.5) is 0 Å². The number of carbonyl (C=O) groups excluding carboxylic acids is 2. The van der Waals surface area contributed by atoms with E-state index in [2.05, 4.69) is 11.4 Å². The Hall–Kier alpha value is -0.950. The molecule has 0 radical (unpaired) electrons. The largest absolute Gasteiger partial charge is 0.469 e. The van der Waals surface area contributed by atoms with Crippen LogP contribution in [0.5, 0.6) is 0 Å². The molecule has 0 spiro atoms. The Morgan fingerprint density at radius 2 is 1.03 bits per heavy atom. The van der Waals surface area contributed by atoms with Gasteiger partial charge >= 0.3 is 19.8 Å². The summed E-state index contributed by atoms with van der Waals surface area (Å²) in [7, 11) is -4.71. The van der Waals surface area contributed by atoms with Gasteiger partial charge in [-0.1, -0.05) is 129 Å². The zero-order valence-corrected chi connectivity index (χ0v) is 24.5. The van der Waals surface area contributed by atoms with E-state index in [1.807, 2.05) is 0 Å². The van der Waals surface area contributed by atoms with E-state index in [9.17, 15) is 14.2 Å². The Morgan fingerprint density at radius 3 is 1.41 bits per heavy atom. The molecule has 1 unspecified atom stereocenters. The van der Waals surface area contributed by atoms with Crippen LogP contribution in [0.2, 0.25) is 0 Å². The number of hydrogen-bond donors (Lipinski definition) is 2. The topological polar surface area (TPSA) is 119 Å². The molecule has 2 N–H and O–H groups in total. The molecule has 0 aromatic heterocycles. The van der Waals surface area contributed by atoms with Crippen LogP contribution in [0.1, 0.15) is 149 Å². The molecule has 1 atom stereocenters. The average Bonchev–Trinajstić information content (AvgIpc) is 2.86. The summed E-state index contributed by atoms with van der Waals surface area (Å²) in [6.07, 6.45) is 23.6. The summed E-state index contributed by atoms with van der Waals surface area (Å²) in [6, 6.07) is 0. The number of hydrogen-bond acceptors (Lipinski definition) is 6. The molecule has 0 aromatic carbocycles. The monoisotopic (exact) mass is 550 g/mol. The van der Waals surface area contributed by atoms with Crippen molar-refractivity contribution in [1.29, 1.82) is 0 Å². The molecule has 0 aromatic rings. The molecule has 0 heterocycles. The van der Waals surface area contributed by atoms with Crippen molar-refractivity contribution >= 4 is 19.8 Å². The van der Waals surface area contributed by atoms with Gasteiger partial charge in [-0.15, -0.1) is 0 Å². The molecule has 0 saturated heterocycles. The molecule has 0 fully saturated rings. The highest BCUT2D eigenvalue weighted by Crippen LogP contribution is 2.35. The molecular weight excluding hydrogens is 495 g/mol. The standard InChI is InChI=1S/C28H55O8P/c1-3-5-6-7-8-9-10-11-12-13-14-15-16-17-18-19-20-21-22-23-28(30)36-26(24-34-27(29)4-2)25-35-37(31,32)33/h26H,3-25H2,1-2H3,(H2,31,32,33). The highest BCUT2D eigenvalue weighted by molar-refractivity contribution is 7.46. The van der Waals surface area contributed by atoms with Gasteiger partial charge in [0.1, 0.15) is 6.61 Å². The first kappa shape index (κ1) is 36.0. The lowest BCUT2D eigenvalue weighted by Crippen LogP contribution is -2.29. The fourth-order valence-corrected chi connectivity index (χ4v) is 4.54. The fraction of sp³-hybridized carbons (Fsp3) is 0.929. The Kier molecular flexibility index (Phi) is 24.7. The van der Waals surface area contributed by atoms with E-state index in [-0.39, 0.29) is 19.4 Å². The maximum absolute atomic E-state index is 12.1. The number of unbranched alkanes of at least 4 members (excludes halogenated alkanes) is 18. The van der Waals surface area contributed by atoms with Gasteiger partial charge < -0.3 is 19.3 Å². The first-order valence-corrected chi connectivity index (χ1v) is 16.4. The summed E-state index contributed by atoms with van der Waals surface area (Å²) in [6.45, 7) is 3.06. The third kappa shape index (κ3) is 27.9. The van der Waals surface area contributed by atoms with Crippen molar-refractivity contribution in [1.82, 2.24) is 0 Å². The molecule has 0 aliphatic rings. The molecule has 8 nitrogen and oxygen atoms in total. The molecule has 0 bridgehead atoms. The van der Waals surface area contributed by atoms with Crippen LogP contribution in [0.3, 0.4) is 0 Å².